The molecule has 0 aliphatic rings. The number of carbonyl (C=O) groups excluding carboxylic acids is 2. The fourth-order valence-electron chi connectivity index (χ4n) is 8.32. The Labute approximate surface area is 386 Å². The standard InChI is InChI=1S/C51H98N6O6/c1-6-10-13-16-21-28-36-45(9-4)61-47(58)39-31-24-19-26-33-42-57(44-35-41-53-51(54-60)49-50(52-5)56-63-55-49)43-34-27-20-25-32-40-48(59)62-46(37-29-22-17-14-11-7-2)38-30-23-18-15-12-8-3/h45-46,60H,6-44H2,1-5H3,(H,52,56)(H,53,54). The van der Waals surface area contributed by atoms with Gasteiger partial charge in [0, 0.05) is 26.4 Å². The van der Waals surface area contributed by atoms with Crippen molar-refractivity contribution in [2.24, 2.45) is 4.99 Å². The van der Waals surface area contributed by atoms with E-state index >= 15 is 0 Å². The topological polar surface area (TPSA) is 151 Å². The molecule has 0 aliphatic carbocycles. The van der Waals surface area contributed by atoms with E-state index in [1.807, 2.05) is 0 Å². The van der Waals surface area contributed by atoms with Crippen molar-refractivity contribution in [3.8, 4) is 0 Å². The number of nitrogens with one attached hydrogen (secondary N) is 2. The molecule has 0 aliphatic heterocycles. The molecule has 1 unspecified atom stereocenters. The number of anilines is 1. The quantitative estimate of drug-likeness (QED) is 0.0189. The Balaban J connectivity index is 2.48. The summed E-state index contributed by atoms with van der Waals surface area (Å²) in [7, 11) is 1.71. The summed E-state index contributed by atoms with van der Waals surface area (Å²) in [6.45, 7) is 12.4. The van der Waals surface area contributed by atoms with E-state index in [0.29, 0.717) is 30.9 Å². The third-order valence-corrected chi connectivity index (χ3v) is 12.4. The molecular formula is C51H98N6O6. The minimum atomic E-state index is -0.0330. The molecule has 0 saturated heterocycles. The second-order valence-corrected chi connectivity index (χ2v) is 18.1. The van der Waals surface area contributed by atoms with Crippen LogP contribution >= 0.6 is 0 Å². The number of rotatable bonds is 46. The lowest BCUT2D eigenvalue weighted by Gasteiger charge is -2.22. The minimum Gasteiger partial charge on any atom is -0.462 e. The predicted molar refractivity (Wildman–Crippen MR) is 261 cm³/mol. The number of ether oxygens (including phenoxy) is 2. The monoisotopic (exact) mass is 891 g/mol. The maximum Gasteiger partial charge on any atom is 0.306 e. The van der Waals surface area contributed by atoms with Crippen LogP contribution in [-0.2, 0) is 19.1 Å². The molecule has 368 valence electrons. The van der Waals surface area contributed by atoms with Crippen molar-refractivity contribution in [1.82, 2.24) is 20.7 Å². The van der Waals surface area contributed by atoms with E-state index in [4.69, 9.17) is 14.1 Å². The average molecular weight is 891 g/mol. The summed E-state index contributed by atoms with van der Waals surface area (Å²) in [5.74, 6) is 0.607. The molecule has 12 heteroatoms. The van der Waals surface area contributed by atoms with Gasteiger partial charge in [-0.05, 0) is 107 Å². The van der Waals surface area contributed by atoms with Gasteiger partial charge in [0.1, 0.15) is 12.2 Å². The lowest BCUT2D eigenvalue weighted by atomic mass is 10.0. The Kier molecular flexibility index (Phi) is 39.9. The maximum atomic E-state index is 12.9. The third-order valence-electron chi connectivity index (χ3n) is 12.4. The lowest BCUT2D eigenvalue weighted by molar-refractivity contribution is -0.150. The summed E-state index contributed by atoms with van der Waals surface area (Å²) in [5, 5.41) is 20.2. The van der Waals surface area contributed by atoms with Gasteiger partial charge in [-0.15, -0.1) is 0 Å². The molecule has 0 bridgehead atoms. The van der Waals surface area contributed by atoms with Crippen LogP contribution < -0.4 is 10.8 Å². The highest BCUT2D eigenvalue weighted by Crippen LogP contribution is 2.19. The van der Waals surface area contributed by atoms with Gasteiger partial charge in [0.2, 0.25) is 5.82 Å². The smallest absolute Gasteiger partial charge is 0.306 e. The summed E-state index contributed by atoms with van der Waals surface area (Å²) < 4.78 is 16.7. The van der Waals surface area contributed by atoms with Gasteiger partial charge < -0.3 is 19.7 Å². The van der Waals surface area contributed by atoms with Crippen LogP contribution in [0, 0.1) is 0 Å². The number of aliphatic imine (C=N–C) groups is 1. The van der Waals surface area contributed by atoms with Crippen molar-refractivity contribution in [1.29, 1.82) is 0 Å². The lowest BCUT2D eigenvalue weighted by Crippen LogP contribution is -2.28. The van der Waals surface area contributed by atoms with Gasteiger partial charge in [-0.25, -0.2) is 4.63 Å². The van der Waals surface area contributed by atoms with Crippen molar-refractivity contribution in [3.05, 3.63) is 5.69 Å². The largest absolute Gasteiger partial charge is 0.462 e. The number of carbonyl (C=O) groups is 2. The molecule has 1 atom stereocenters. The number of esters is 2. The van der Waals surface area contributed by atoms with Crippen LogP contribution in [0.5, 0.6) is 0 Å². The van der Waals surface area contributed by atoms with E-state index in [-0.39, 0.29) is 30.0 Å². The number of unbranched alkanes of at least 4 members (excludes halogenated alkanes) is 23. The van der Waals surface area contributed by atoms with Crippen molar-refractivity contribution >= 4 is 23.6 Å². The zero-order chi connectivity index (χ0) is 45.9. The van der Waals surface area contributed by atoms with E-state index in [9.17, 15) is 14.8 Å². The number of amidine groups is 1. The summed E-state index contributed by atoms with van der Waals surface area (Å²) in [5.41, 5.74) is 2.49. The zero-order valence-corrected chi connectivity index (χ0v) is 41.5. The highest BCUT2D eigenvalue weighted by Gasteiger charge is 2.17. The van der Waals surface area contributed by atoms with E-state index in [1.54, 1.807) is 7.05 Å². The molecule has 0 radical (unpaired) electrons. The second-order valence-electron chi connectivity index (χ2n) is 18.1. The highest BCUT2D eigenvalue weighted by atomic mass is 16.6. The number of hydroxylamine groups is 1. The van der Waals surface area contributed by atoms with Crippen LogP contribution in [0.1, 0.15) is 258 Å². The normalized spacial score (nSPS) is 12.3. The van der Waals surface area contributed by atoms with E-state index in [0.717, 1.165) is 135 Å². The molecule has 1 rings (SSSR count). The number of hydrogen-bond acceptors (Lipinski definition) is 11. The number of nitrogens with zero attached hydrogens (tertiary/aromatic N) is 4. The van der Waals surface area contributed by atoms with Crippen molar-refractivity contribution in [2.75, 3.05) is 38.5 Å². The molecule has 0 amide bonds. The third kappa shape index (κ3) is 33.4. The zero-order valence-electron chi connectivity index (χ0n) is 41.5. The molecule has 0 aromatic carbocycles. The summed E-state index contributed by atoms with van der Waals surface area (Å²) in [6.07, 6.45) is 39.4. The van der Waals surface area contributed by atoms with Crippen molar-refractivity contribution in [3.63, 3.8) is 0 Å². The number of hydrogen-bond donors (Lipinski definition) is 3. The van der Waals surface area contributed by atoms with Crippen LogP contribution in [-0.4, -0.2) is 83.6 Å². The molecule has 0 saturated carbocycles. The fraction of sp³-hybridized carbons (Fsp3) is 0.902. The fourth-order valence-corrected chi connectivity index (χ4v) is 8.32. The molecule has 3 N–H and O–H groups in total. The molecule has 63 heavy (non-hydrogen) atoms. The molecule has 1 aromatic rings. The van der Waals surface area contributed by atoms with Crippen LogP contribution in [0.25, 0.3) is 0 Å². The SMILES string of the molecule is CCCCCCCCC(CC)OC(=O)CCCCCCCN(CCCCCCCC(=O)OC(CCCCCCCC)CCCCCCCC)CCCN=C(NO)c1nonc1NC. The Hall–Kier alpha value is -2.73. The van der Waals surface area contributed by atoms with Gasteiger partial charge in [-0.1, -0.05) is 163 Å². The van der Waals surface area contributed by atoms with Gasteiger partial charge in [0.15, 0.2) is 11.5 Å². The van der Waals surface area contributed by atoms with Crippen LogP contribution in [0.3, 0.4) is 0 Å². The highest BCUT2D eigenvalue weighted by molar-refractivity contribution is 5.99. The Morgan fingerprint density at radius 3 is 1.44 bits per heavy atom. The summed E-state index contributed by atoms with van der Waals surface area (Å²) in [4.78, 5) is 32.5. The molecular weight excluding hydrogens is 793 g/mol. The van der Waals surface area contributed by atoms with Crippen LogP contribution in [0.2, 0.25) is 0 Å². The summed E-state index contributed by atoms with van der Waals surface area (Å²) in [6, 6.07) is 0. The average Bonchev–Trinajstić information content (AvgIpc) is 3.77. The van der Waals surface area contributed by atoms with Gasteiger partial charge >= 0.3 is 11.9 Å². The molecule has 12 nitrogen and oxygen atoms in total. The minimum absolute atomic E-state index is 0.00350. The Bertz CT molecular complexity index is 1200. The molecule has 1 aromatic heterocycles. The number of aromatic nitrogens is 2. The Morgan fingerprint density at radius 1 is 0.571 bits per heavy atom. The van der Waals surface area contributed by atoms with Gasteiger partial charge in [0.25, 0.3) is 0 Å². The van der Waals surface area contributed by atoms with Crippen LogP contribution in [0.15, 0.2) is 9.62 Å². The Morgan fingerprint density at radius 2 is 0.984 bits per heavy atom. The predicted octanol–water partition coefficient (Wildman–Crippen LogP) is 13.7. The summed E-state index contributed by atoms with van der Waals surface area (Å²) >= 11 is 0. The van der Waals surface area contributed by atoms with Gasteiger partial charge in [-0.2, -0.15) is 0 Å². The van der Waals surface area contributed by atoms with E-state index in [2.05, 4.69) is 58.7 Å². The van der Waals surface area contributed by atoms with E-state index < -0.39 is 0 Å². The van der Waals surface area contributed by atoms with Crippen molar-refractivity contribution < 1.29 is 28.9 Å². The first-order valence-electron chi connectivity index (χ1n) is 26.5. The van der Waals surface area contributed by atoms with E-state index in [1.165, 1.54) is 96.3 Å². The molecule has 0 spiro atoms. The van der Waals surface area contributed by atoms with Crippen LogP contribution in [0.4, 0.5) is 5.82 Å². The first-order valence-corrected chi connectivity index (χ1v) is 26.5. The first-order chi connectivity index (χ1) is 30.9. The van der Waals surface area contributed by atoms with Gasteiger partial charge in [-0.3, -0.25) is 25.3 Å². The maximum absolute atomic E-state index is 12.9. The van der Waals surface area contributed by atoms with Gasteiger partial charge in [0.05, 0.1) is 0 Å². The molecule has 0 fully saturated rings. The second kappa shape index (κ2) is 43.2. The first kappa shape index (κ1) is 58.3. The van der Waals surface area contributed by atoms with Crippen molar-refractivity contribution in [2.45, 2.75) is 265 Å². The molecule has 1 heterocycles.